The van der Waals surface area contributed by atoms with Gasteiger partial charge in [-0.1, -0.05) is 54.5 Å². The van der Waals surface area contributed by atoms with Crippen LogP contribution in [0.3, 0.4) is 0 Å². The van der Waals surface area contributed by atoms with E-state index >= 15 is 0 Å². The molecule has 2 rings (SSSR count). The zero-order valence-electron chi connectivity index (χ0n) is 28.7. The van der Waals surface area contributed by atoms with Crippen LogP contribution in [-0.4, -0.2) is 92.1 Å². The third-order valence-electron chi connectivity index (χ3n) is 8.24. The van der Waals surface area contributed by atoms with E-state index < -0.39 is 59.6 Å². The van der Waals surface area contributed by atoms with Crippen LogP contribution in [0.15, 0.2) is 36.9 Å². The van der Waals surface area contributed by atoms with Crippen LogP contribution in [0.1, 0.15) is 65.2 Å². The number of nitrogens with one attached hydrogen (secondary N) is 4. The lowest BCUT2D eigenvalue weighted by Crippen LogP contribution is -2.60. The Kier molecular flexibility index (Phi) is 13.5. The van der Waals surface area contributed by atoms with Gasteiger partial charge in [-0.3, -0.25) is 24.0 Å². The molecule has 4 atom stereocenters. The molecule has 1 saturated heterocycles. The normalized spacial score (nSPS) is 17.6. The third-order valence-corrected chi connectivity index (χ3v) is 8.24. The van der Waals surface area contributed by atoms with Crippen molar-refractivity contribution in [2.75, 3.05) is 38.6 Å². The minimum atomic E-state index is -1.04. The van der Waals surface area contributed by atoms with Crippen LogP contribution in [0.4, 0.5) is 10.5 Å². The van der Waals surface area contributed by atoms with Crippen molar-refractivity contribution in [2.24, 2.45) is 23.2 Å². The smallest absolute Gasteiger partial charge is 0.316 e. The maximum atomic E-state index is 14.1. The van der Waals surface area contributed by atoms with Crippen LogP contribution in [0.5, 0.6) is 0 Å². The number of nitrogens with zero attached hydrogens (tertiary/aromatic N) is 2. The monoisotopic (exact) mass is 640 g/mol. The van der Waals surface area contributed by atoms with Gasteiger partial charge in [0.2, 0.25) is 17.6 Å². The zero-order valence-corrected chi connectivity index (χ0v) is 28.7. The van der Waals surface area contributed by atoms with E-state index in [0.717, 1.165) is 5.69 Å². The lowest BCUT2D eigenvalue weighted by atomic mass is 9.85. The molecular weight excluding hydrogens is 588 g/mol. The molecule has 0 saturated carbocycles. The molecular formula is C34H52N6O6. The van der Waals surface area contributed by atoms with Gasteiger partial charge in [0.25, 0.3) is 5.91 Å². The number of ketones is 2. The van der Waals surface area contributed by atoms with Gasteiger partial charge in [-0.2, -0.15) is 0 Å². The van der Waals surface area contributed by atoms with Gasteiger partial charge in [-0.15, -0.1) is 6.58 Å². The molecule has 12 nitrogen and oxygen atoms in total. The average Bonchev–Trinajstić information content (AvgIpc) is 3.45. The molecule has 254 valence electrons. The van der Waals surface area contributed by atoms with Crippen LogP contribution in [0.2, 0.25) is 0 Å². The van der Waals surface area contributed by atoms with Gasteiger partial charge >= 0.3 is 6.03 Å². The maximum absolute atomic E-state index is 14.1. The molecule has 1 fully saturated rings. The summed E-state index contributed by atoms with van der Waals surface area (Å²) in [6, 6.07) is 3.65. The number of hydrogen-bond donors (Lipinski definition) is 4. The van der Waals surface area contributed by atoms with E-state index in [1.165, 1.54) is 11.0 Å². The second-order valence-corrected chi connectivity index (χ2v) is 13.8. The number of rotatable bonds is 14. The quantitative estimate of drug-likeness (QED) is 0.138. The SMILES string of the molecule is C=CCNC(=O)C(=O)CNC(=O)[C@@H]1C[C@@H](C(C)C)CN1C(=O)[C@@H](NC(=O)N[C@H](C(=O)c1ccc(N(C)C)cc1)C(C)C)C(C)(C)C. The topological polar surface area (TPSA) is 157 Å². The van der Waals surface area contributed by atoms with Gasteiger partial charge in [0.1, 0.15) is 12.1 Å². The van der Waals surface area contributed by atoms with Gasteiger partial charge in [0.15, 0.2) is 5.78 Å². The number of anilines is 1. The fourth-order valence-corrected chi connectivity index (χ4v) is 5.24. The molecule has 0 radical (unpaired) electrons. The summed E-state index contributed by atoms with van der Waals surface area (Å²) in [5.41, 5.74) is 0.628. The molecule has 4 N–H and O–H groups in total. The summed E-state index contributed by atoms with van der Waals surface area (Å²) < 4.78 is 0. The number of amides is 5. The lowest BCUT2D eigenvalue weighted by molar-refractivity contribution is -0.142. The number of benzene rings is 1. The van der Waals surface area contributed by atoms with Crippen molar-refractivity contribution in [2.45, 2.75) is 73.0 Å². The van der Waals surface area contributed by atoms with Crippen molar-refractivity contribution in [3.8, 4) is 0 Å². The first-order valence-corrected chi connectivity index (χ1v) is 15.8. The van der Waals surface area contributed by atoms with E-state index in [2.05, 4.69) is 27.8 Å². The van der Waals surface area contributed by atoms with E-state index in [9.17, 15) is 28.8 Å². The largest absolute Gasteiger partial charge is 0.378 e. The van der Waals surface area contributed by atoms with Gasteiger partial charge in [0.05, 0.1) is 12.6 Å². The fourth-order valence-electron chi connectivity index (χ4n) is 5.24. The summed E-state index contributed by atoms with van der Waals surface area (Å²) in [7, 11) is 3.81. The minimum absolute atomic E-state index is 0.00237. The Balaban J connectivity index is 2.24. The van der Waals surface area contributed by atoms with E-state index in [1.54, 1.807) is 32.9 Å². The van der Waals surface area contributed by atoms with Gasteiger partial charge in [-0.05, 0) is 53.9 Å². The fraction of sp³-hybridized carbons (Fsp3) is 0.588. The zero-order chi connectivity index (χ0) is 34.9. The molecule has 0 unspecified atom stereocenters. The standard InChI is InChI=1S/C34H52N6O6/c1-11-16-35-31(44)26(41)18-36-30(43)25-17-23(20(2)3)19-40(25)32(45)29(34(6,7)8)38-33(46)37-27(21(4)5)28(42)22-12-14-24(15-13-22)39(9)10/h11-15,20-21,23,25,27,29H,1,16-19H2,2-10H3,(H,35,44)(H,36,43)(H2,37,38,46)/t23-,25+,27+,29-/m1/s1. The van der Waals surface area contributed by atoms with Crippen molar-refractivity contribution >= 4 is 41.0 Å². The molecule has 1 aromatic carbocycles. The molecule has 46 heavy (non-hydrogen) atoms. The Labute approximate surface area is 273 Å². The second-order valence-electron chi connectivity index (χ2n) is 13.8. The Bertz CT molecular complexity index is 1280. The number of likely N-dealkylation sites (tertiary alicyclic amines) is 1. The highest BCUT2D eigenvalue weighted by Gasteiger charge is 2.45. The molecule has 12 heteroatoms. The highest BCUT2D eigenvalue weighted by Crippen LogP contribution is 2.32. The van der Waals surface area contributed by atoms with E-state index in [4.69, 9.17) is 0 Å². The first-order valence-electron chi connectivity index (χ1n) is 15.8. The highest BCUT2D eigenvalue weighted by atomic mass is 16.2. The Morgan fingerprint density at radius 1 is 0.978 bits per heavy atom. The van der Waals surface area contributed by atoms with E-state index in [1.807, 2.05) is 58.8 Å². The summed E-state index contributed by atoms with van der Waals surface area (Å²) in [6.07, 6.45) is 1.80. The minimum Gasteiger partial charge on any atom is -0.378 e. The van der Waals surface area contributed by atoms with Gasteiger partial charge in [0, 0.05) is 38.4 Å². The molecule has 1 aliphatic heterocycles. The molecule has 0 aliphatic carbocycles. The molecule has 1 aliphatic rings. The van der Waals surface area contributed by atoms with Gasteiger partial charge < -0.3 is 31.1 Å². The summed E-state index contributed by atoms with van der Waals surface area (Å²) in [4.78, 5) is 81.8. The Morgan fingerprint density at radius 3 is 2.09 bits per heavy atom. The second kappa shape index (κ2) is 16.4. The Morgan fingerprint density at radius 2 is 1.59 bits per heavy atom. The summed E-state index contributed by atoms with van der Waals surface area (Å²) in [5.74, 6) is -2.99. The lowest BCUT2D eigenvalue weighted by Gasteiger charge is -2.36. The highest BCUT2D eigenvalue weighted by molar-refractivity contribution is 6.37. The van der Waals surface area contributed by atoms with Gasteiger partial charge in [-0.25, -0.2) is 4.79 Å². The van der Waals surface area contributed by atoms with Crippen molar-refractivity contribution in [3.63, 3.8) is 0 Å². The molecule has 0 spiro atoms. The molecule has 5 amide bonds. The van der Waals surface area contributed by atoms with E-state index in [0.29, 0.717) is 12.0 Å². The number of carbonyl (C=O) groups is 6. The van der Waals surface area contributed by atoms with Crippen molar-refractivity contribution in [1.82, 2.24) is 26.2 Å². The third kappa shape index (κ3) is 10.1. The number of urea groups is 1. The maximum Gasteiger partial charge on any atom is 0.316 e. The first-order chi connectivity index (χ1) is 21.4. The van der Waals surface area contributed by atoms with Crippen LogP contribution >= 0.6 is 0 Å². The Hall–Kier alpha value is -4.22. The van der Waals surface area contributed by atoms with Crippen LogP contribution in [0.25, 0.3) is 0 Å². The van der Waals surface area contributed by atoms with Crippen LogP contribution < -0.4 is 26.2 Å². The predicted octanol–water partition coefficient (Wildman–Crippen LogP) is 2.53. The summed E-state index contributed by atoms with van der Waals surface area (Å²) >= 11 is 0. The number of Topliss-reactive ketones (excluding diaryl/α,β-unsaturated/α-hetero) is 2. The molecule has 0 bridgehead atoms. The van der Waals surface area contributed by atoms with Crippen LogP contribution in [0, 0.1) is 23.2 Å². The molecule has 1 aromatic rings. The molecule has 0 aromatic heterocycles. The van der Waals surface area contributed by atoms with Crippen molar-refractivity contribution < 1.29 is 28.8 Å². The number of carbonyl (C=O) groups excluding carboxylic acids is 6. The predicted molar refractivity (Wildman–Crippen MR) is 178 cm³/mol. The number of hydrogen-bond acceptors (Lipinski definition) is 7. The first kappa shape index (κ1) is 38.0. The van der Waals surface area contributed by atoms with Crippen molar-refractivity contribution in [1.29, 1.82) is 0 Å². The average molecular weight is 641 g/mol. The van der Waals surface area contributed by atoms with Crippen LogP contribution in [-0.2, 0) is 19.2 Å². The molecule has 1 heterocycles. The summed E-state index contributed by atoms with van der Waals surface area (Å²) in [6.45, 7) is 16.5. The summed E-state index contributed by atoms with van der Waals surface area (Å²) in [5, 5.41) is 10.5. The van der Waals surface area contributed by atoms with E-state index in [-0.39, 0.29) is 36.6 Å². The van der Waals surface area contributed by atoms with Crippen molar-refractivity contribution in [3.05, 3.63) is 42.5 Å².